The Balaban J connectivity index is 2.41. The Morgan fingerprint density at radius 3 is 2.37 bits per heavy atom. The quantitative estimate of drug-likeness (QED) is 0.899. The highest BCUT2D eigenvalue weighted by molar-refractivity contribution is 5.74. The van der Waals surface area contributed by atoms with E-state index < -0.39 is 5.97 Å². The molecule has 2 rings (SSSR count). The Morgan fingerprint density at radius 1 is 1.11 bits per heavy atom. The Kier molecular flexibility index (Phi) is 4.00. The molecule has 0 aliphatic rings. The molecule has 0 atom stereocenters. The van der Waals surface area contributed by atoms with Gasteiger partial charge >= 0.3 is 5.97 Å². The summed E-state index contributed by atoms with van der Waals surface area (Å²) >= 11 is 0. The molecule has 2 aromatic rings. The average Bonchev–Trinajstić information content (AvgIpc) is 2.41. The summed E-state index contributed by atoms with van der Waals surface area (Å²) < 4.78 is 0. The normalized spacial score (nSPS) is 10.4. The van der Waals surface area contributed by atoms with Crippen LogP contribution in [-0.4, -0.2) is 11.1 Å². The first-order valence-corrected chi connectivity index (χ1v) is 6.51. The van der Waals surface area contributed by atoms with Gasteiger partial charge in [0.25, 0.3) is 0 Å². The molecular weight excluding hydrogens is 236 g/mol. The number of carboxylic acid groups (broad SMARTS) is 1. The summed E-state index contributed by atoms with van der Waals surface area (Å²) in [5, 5.41) is 8.92. The highest BCUT2D eigenvalue weighted by atomic mass is 16.4. The SMILES string of the molecule is CCc1ccc(-c2cccc(CC(=O)O)c2C)cc1. The lowest BCUT2D eigenvalue weighted by Crippen LogP contribution is -2.02. The van der Waals surface area contributed by atoms with E-state index in [1.807, 2.05) is 25.1 Å². The Morgan fingerprint density at radius 2 is 1.79 bits per heavy atom. The maximum absolute atomic E-state index is 10.9. The van der Waals surface area contributed by atoms with Gasteiger partial charge < -0.3 is 5.11 Å². The van der Waals surface area contributed by atoms with Crippen LogP contribution in [0.3, 0.4) is 0 Å². The predicted molar refractivity (Wildman–Crippen MR) is 77.3 cm³/mol. The number of aliphatic carboxylic acids is 1. The first-order chi connectivity index (χ1) is 9.11. The monoisotopic (exact) mass is 254 g/mol. The van der Waals surface area contributed by atoms with Crippen molar-refractivity contribution in [3.05, 3.63) is 59.2 Å². The molecule has 0 aliphatic heterocycles. The lowest BCUT2D eigenvalue weighted by Gasteiger charge is -2.10. The summed E-state index contributed by atoms with van der Waals surface area (Å²) in [6, 6.07) is 14.3. The largest absolute Gasteiger partial charge is 0.481 e. The second-order valence-electron chi connectivity index (χ2n) is 4.71. The van der Waals surface area contributed by atoms with Crippen molar-refractivity contribution >= 4 is 5.97 Å². The topological polar surface area (TPSA) is 37.3 Å². The molecule has 0 aliphatic carbocycles. The fourth-order valence-electron chi connectivity index (χ4n) is 2.27. The van der Waals surface area contributed by atoms with E-state index in [-0.39, 0.29) is 6.42 Å². The van der Waals surface area contributed by atoms with Gasteiger partial charge in [-0.05, 0) is 41.2 Å². The third kappa shape index (κ3) is 3.02. The molecule has 2 nitrogen and oxygen atoms in total. The third-order valence-corrected chi connectivity index (χ3v) is 3.46. The second kappa shape index (κ2) is 5.70. The van der Waals surface area contributed by atoms with E-state index in [1.54, 1.807) is 0 Å². The van der Waals surface area contributed by atoms with Crippen molar-refractivity contribution in [1.29, 1.82) is 0 Å². The Hall–Kier alpha value is -2.09. The average molecular weight is 254 g/mol. The molecule has 0 saturated heterocycles. The zero-order valence-corrected chi connectivity index (χ0v) is 11.3. The molecule has 0 aromatic heterocycles. The summed E-state index contributed by atoms with van der Waals surface area (Å²) in [4.78, 5) is 10.9. The van der Waals surface area contributed by atoms with Crippen LogP contribution in [-0.2, 0) is 17.6 Å². The van der Waals surface area contributed by atoms with E-state index in [0.717, 1.165) is 28.7 Å². The molecule has 19 heavy (non-hydrogen) atoms. The van der Waals surface area contributed by atoms with Crippen LogP contribution in [0.2, 0.25) is 0 Å². The van der Waals surface area contributed by atoms with Crippen LogP contribution in [0.25, 0.3) is 11.1 Å². The number of hydrogen-bond donors (Lipinski definition) is 1. The molecule has 2 heteroatoms. The minimum Gasteiger partial charge on any atom is -0.481 e. The standard InChI is InChI=1S/C17H18O2/c1-3-13-7-9-14(10-8-13)16-6-4-5-15(12(16)2)11-17(18)19/h4-10H,3,11H2,1-2H3,(H,18,19). The van der Waals surface area contributed by atoms with Gasteiger partial charge in [-0.2, -0.15) is 0 Å². The van der Waals surface area contributed by atoms with Gasteiger partial charge in [-0.15, -0.1) is 0 Å². The molecule has 0 saturated carbocycles. The van der Waals surface area contributed by atoms with Crippen LogP contribution in [0, 0.1) is 6.92 Å². The van der Waals surface area contributed by atoms with E-state index in [4.69, 9.17) is 5.11 Å². The molecule has 98 valence electrons. The molecule has 1 N–H and O–H groups in total. The van der Waals surface area contributed by atoms with Gasteiger partial charge in [-0.25, -0.2) is 0 Å². The van der Waals surface area contributed by atoms with Gasteiger partial charge in [-0.1, -0.05) is 49.4 Å². The number of hydrogen-bond acceptors (Lipinski definition) is 1. The number of rotatable bonds is 4. The van der Waals surface area contributed by atoms with Crippen molar-refractivity contribution < 1.29 is 9.90 Å². The number of benzene rings is 2. The summed E-state index contributed by atoms with van der Waals surface area (Å²) in [6.07, 6.45) is 1.10. The smallest absolute Gasteiger partial charge is 0.307 e. The predicted octanol–water partition coefficient (Wildman–Crippen LogP) is 3.85. The second-order valence-corrected chi connectivity index (χ2v) is 4.71. The van der Waals surface area contributed by atoms with Crippen LogP contribution >= 0.6 is 0 Å². The van der Waals surface area contributed by atoms with E-state index in [2.05, 4.69) is 31.2 Å². The molecule has 0 spiro atoms. The first-order valence-electron chi connectivity index (χ1n) is 6.51. The maximum atomic E-state index is 10.9. The summed E-state index contributed by atoms with van der Waals surface area (Å²) in [6.45, 7) is 4.12. The van der Waals surface area contributed by atoms with Crippen LogP contribution in [0.5, 0.6) is 0 Å². The van der Waals surface area contributed by atoms with Crippen molar-refractivity contribution in [3.8, 4) is 11.1 Å². The van der Waals surface area contributed by atoms with Crippen molar-refractivity contribution in [2.75, 3.05) is 0 Å². The van der Waals surface area contributed by atoms with Crippen LogP contribution in [0.15, 0.2) is 42.5 Å². The molecule has 0 unspecified atom stereocenters. The van der Waals surface area contributed by atoms with Gasteiger partial charge in [0.05, 0.1) is 6.42 Å². The lowest BCUT2D eigenvalue weighted by molar-refractivity contribution is -0.136. The minimum absolute atomic E-state index is 0.0761. The lowest BCUT2D eigenvalue weighted by atomic mass is 9.94. The Bertz CT molecular complexity index is 583. The van der Waals surface area contributed by atoms with E-state index >= 15 is 0 Å². The van der Waals surface area contributed by atoms with Crippen LogP contribution < -0.4 is 0 Å². The van der Waals surface area contributed by atoms with E-state index in [1.165, 1.54) is 5.56 Å². The number of carbonyl (C=O) groups is 1. The molecule has 0 amide bonds. The molecule has 2 aromatic carbocycles. The molecule has 0 heterocycles. The van der Waals surface area contributed by atoms with Gasteiger partial charge in [0.1, 0.15) is 0 Å². The number of aryl methyl sites for hydroxylation is 1. The van der Waals surface area contributed by atoms with Crippen molar-refractivity contribution in [2.24, 2.45) is 0 Å². The van der Waals surface area contributed by atoms with E-state index in [0.29, 0.717) is 0 Å². The Labute approximate surface area is 113 Å². The van der Waals surface area contributed by atoms with Crippen LogP contribution in [0.1, 0.15) is 23.6 Å². The van der Waals surface area contributed by atoms with Crippen molar-refractivity contribution in [2.45, 2.75) is 26.7 Å². The molecule has 0 bridgehead atoms. The zero-order valence-electron chi connectivity index (χ0n) is 11.3. The van der Waals surface area contributed by atoms with Crippen molar-refractivity contribution in [3.63, 3.8) is 0 Å². The highest BCUT2D eigenvalue weighted by Gasteiger charge is 2.08. The fraction of sp³-hybridized carbons (Fsp3) is 0.235. The first kappa shape index (κ1) is 13.3. The summed E-state index contributed by atoms with van der Waals surface area (Å²) in [7, 11) is 0. The van der Waals surface area contributed by atoms with Gasteiger partial charge in [0.15, 0.2) is 0 Å². The van der Waals surface area contributed by atoms with Crippen molar-refractivity contribution in [1.82, 2.24) is 0 Å². The molecular formula is C17H18O2. The fourth-order valence-corrected chi connectivity index (χ4v) is 2.27. The minimum atomic E-state index is -0.790. The van der Waals surface area contributed by atoms with Gasteiger partial charge in [0.2, 0.25) is 0 Å². The van der Waals surface area contributed by atoms with E-state index in [9.17, 15) is 4.79 Å². The molecule has 0 radical (unpaired) electrons. The van der Waals surface area contributed by atoms with Gasteiger partial charge in [-0.3, -0.25) is 4.79 Å². The third-order valence-electron chi connectivity index (χ3n) is 3.46. The molecule has 0 fully saturated rings. The maximum Gasteiger partial charge on any atom is 0.307 e. The van der Waals surface area contributed by atoms with Crippen LogP contribution in [0.4, 0.5) is 0 Å². The summed E-state index contributed by atoms with van der Waals surface area (Å²) in [5.41, 5.74) is 5.49. The summed E-state index contributed by atoms with van der Waals surface area (Å²) in [5.74, 6) is -0.790. The highest BCUT2D eigenvalue weighted by Crippen LogP contribution is 2.26. The zero-order chi connectivity index (χ0) is 13.8. The van der Waals surface area contributed by atoms with Gasteiger partial charge in [0, 0.05) is 0 Å². The number of carboxylic acids is 1.